The van der Waals surface area contributed by atoms with E-state index in [4.69, 9.17) is 5.11 Å². The molecule has 16 heavy (non-hydrogen) atoms. The molecule has 1 aromatic carbocycles. The van der Waals surface area contributed by atoms with Crippen molar-refractivity contribution in [2.45, 2.75) is 18.9 Å². The van der Waals surface area contributed by atoms with Crippen LogP contribution in [0.2, 0.25) is 0 Å². The number of rotatable bonds is 5. The summed E-state index contributed by atoms with van der Waals surface area (Å²) in [6.45, 7) is 0. The molecule has 0 aromatic heterocycles. The van der Waals surface area contributed by atoms with Gasteiger partial charge in [-0.25, -0.2) is 4.79 Å². The lowest BCUT2D eigenvalue weighted by molar-refractivity contribution is -0.146. The first kappa shape index (κ1) is 13.1. The molecule has 0 radical (unpaired) electrons. The van der Waals surface area contributed by atoms with Crippen LogP contribution in [-0.2, 0) is 16.0 Å². The van der Waals surface area contributed by atoms with Gasteiger partial charge in [-0.3, -0.25) is 0 Å². The first-order chi connectivity index (χ1) is 7.54. The van der Waals surface area contributed by atoms with Crippen LogP contribution in [0, 0.1) is 3.57 Å². The van der Waals surface area contributed by atoms with Crippen molar-refractivity contribution >= 4 is 34.8 Å². The van der Waals surface area contributed by atoms with E-state index in [0.29, 0.717) is 18.4 Å². The monoisotopic (exact) mass is 334 g/mol. The van der Waals surface area contributed by atoms with Crippen LogP contribution in [0.1, 0.15) is 23.7 Å². The molecule has 0 bridgehead atoms. The van der Waals surface area contributed by atoms with Crippen molar-refractivity contribution in [1.29, 1.82) is 0 Å². The zero-order valence-corrected chi connectivity index (χ0v) is 10.5. The SMILES string of the molecule is O=CCCc1cc(I)cc(C(O)C(=O)O)c1. The molecule has 2 N–H and O–H groups in total. The molecular weight excluding hydrogens is 323 g/mol. The van der Waals surface area contributed by atoms with E-state index in [2.05, 4.69) is 0 Å². The van der Waals surface area contributed by atoms with Gasteiger partial charge in [-0.2, -0.15) is 0 Å². The smallest absolute Gasteiger partial charge is 0.337 e. The van der Waals surface area contributed by atoms with E-state index in [0.717, 1.165) is 15.4 Å². The van der Waals surface area contributed by atoms with Gasteiger partial charge in [-0.05, 0) is 52.3 Å². The van der Waals surface area contributed by atoms with E-state index in [1.165, 1.54) is 0 Å². The van der Waals surface area contributed by atoms with E-state index in [1.807, 2.05) is 28.7 Å². The Morgan fingerprint density at radius 3 is 2.69 bits per heavy atom. The molecule has 0 amide bonds. The Morgan fingerprint density at radius 1 is 1.44 bits per heavy atom. The molecule has 4 nitrogen and oxygen atoms in total. The number of aliphatic hydroxyl groups excluding tert-OH is 1. The molecule has 0 heterocycles. The largest absolute Gasteiger partial charge is 0.479 e. The van der Waals surface area contributed by atoms with Gasteiger partial charge in [0.25, 0.3) is 0 Å². The number of halogens is 1. The lowest BCUT2D eigenvalue weighted by Gasteiger charge is -2.08. The van der Waals surface area contributed by atoms with Gasteiger partial charge >= 0.3 is 5.97 Å². The fourth-order valence-corrected chi connectivity index (χ4v) is 2.11. The molecule has 1 atom stereocenters. The molecular formula is C11H11IO4. The minimum absolute atomic E-state index is 0.347. The Kier molecular flexibility index (Phi) is 4.88. The van der Waals surface area contributed by atoms with Crippen molar-refractivity contribution in [2.75, 3.05) is 0 Å². The number of hydrogen-bond acceptors (Lipinski definition) is 3. The Bertz CT molecular complexity index is 403. The van der Waals surface area contributed by atoms with Crippen molar-refractivity contribution in [1.82, 2.24) is 0 Å². The van der Waals surface area contributed by atoms with Crippen LogP contribution in [0.25, 0.3) is 0 Å². The van der Waals surface area contributed by atoms with E-state index in [1.54, 1.807) is 12.1 Å². The first-order valence-electron chi connectivity index (χ1n) is 4.68. The van der Waals surface area contributed by atoms with Gasteiger partial charge in [-0.15, -0.1) is 0 Å². The number of aliphatic hydroxyl groups is 1. The number of carbonyl (C=O) groups excluding carboxylic acids is 1. The van der Waals surface area contributed by atoms with Gasteiger partial charge in [-0.1, -0.05) is 6.07 Å². The summed E-state index contributed by atoms with van der Waals surface area (Å²) in [7, 11) is 0. The predicted molar refractivity (Wildman–Crippen MR) is 66.1 cm³/mol. The number of benzene rings is 1. The average molecular weight is 334 g/mol. The second-order valence-corrected chi connectivity index (χ2v) is 4.58. The minimum atomic E-state index is -1.51. The maximum atomic E-state index is 10.6. The summed E-state index contributed by atoms with van der Waals surface area (Å²) in [6.07, 6.45) is 0.250. The van der Waals surface area contributed by atoms with Crippen LogP contribution in [0.5, 0.6) is 0 Å². The van der Waals surface area contributed by atoms with E-state index >= 15 is 0 Å². The quantitative estimate of drug-likeness (QED) is 0.633. The average Bonchev–Trinajstić information content (AvgIpc) is 2.24. The fraction of sp³-hybridized carbons (Fsp3) is 0.273. The Balaban J connectivity index is 2.97. The van der Waals surface area contributed by atoms with Crippen LogP contribution in [0.3, 0.4) is 0 Å². The van der Waals surface area contributed by atoms with Crippen molar-refractivity contribution in [2.24, 2.45) is 0 Å². The van der Waals surface area contributed by atoms with Crippen molar-refractivity contribution in [3.8, 4) is 0 Å². The molecule has 86 valence electrons. The third-order valence-electron chi connectivity index (χ3n) is 2.08. The number of aldehydes is 1. The van der Waals surface area contributed by atoms with Crippen LogP contribution in [0.15, 0.2) is 18.2 Å². The minimum Gasteiger partial charge on any atom is -0.479 e. The Morgan fingerprint density at radius 2 is 2.12 bits per heavy atom. The molecule has 0 fully saturated rings. The van der Waals surface area contributed by atoms with Gasteiger partial charge in [0.15, 0.2) is 6.10 Å². The van der Waals surface area contributed by atoms with Crippen LogP contribution < -0.4 is 0 Å². The lowest BCUT2D eigenvalue weighted by Crippen LogP contribution is -2.11. The molecule has 1 unspecified atom stereocenters. The standard InChI is InChI=1S/C11H11IO4/c12-9-5-7(2-1-3-13)4-8(6-9)10(14)11(15)16/h3-6,10,14H,1-2H2,(H,15,16). The highest BCUT2D eigenvalue weighted by Gasteiger charge is 2.16. The summed E-state index contributed by atoms with van der Waals surface area (Å²) < 4.78 is 0.844. The highest BCUT2D eigenvalue weighted by atomic mass is 127. The van der Waals surface area contributed by atoms with Gasteiger partial charge in [0.2, 0.25) is 0 Å². The molecule has 0 aliphatic rings. The second-order valence-electron chi connectivity index (χ2n) is 3.34. The number of aryl methyl sites for hydroxylation is 1. The van der Waals surface area contributed by atoms with Crippen LogP contribution in [0.4, 0.5) is 0 Å². The molecule has 1 rings (SSSR count). The van der Waals surface area contributed by atoms with Crippen LogP contribution >= 0.6 is 22.6 Å². The van der Waals surface area contributed by atoms with Gasteiger partial charge < -0.3 is 15.0 Å². The molecule has 0 spiro atoms. The Labute approximate surface area is 106 Å². The molecule has 0 aliphatic heterocycles. The molecule has 0 saturated heterocycles. The Hall–Kier alpha value is -0.950. The van der Waals surface area contributed by atoms with E-state index < -0.39 is 12.1 Å². The van der Waals surface area contributed by atoms with Crippen LogP contribution in [-0.4, -0.2) is 22.5 Å². The van der Waals surface area contributed by atoms with E-state index in [9.17, 15) is 14.7 Å². The summed E-state index contributed by atoms with van der Waals surface area (Å²) in [6, 6.07) is 5.09. The number of carboxylic acid groups (broad SMARTS) is 1. The lowest BCUT2D eigenvalue weighted by atomic mass is 10.0. The summed E-state index contributed by atoms with van der Waals surface area (Å²) in [4.78, 5) is 20.9. The summed E-state index contributed by atoms with van der Waals surface area (Å²) in [5.41, 5.74) is 1.20. The highest BCUT2D eigenvalue weighted by molar-refractivity contribution is 14.1. The third-order valence-corrected chi connectivity index (χ3v) is 2.70. The molecule has 0 saturated carbocycles. The zero-order chi connectivity index (χ0) is 12.1. The van der Waals surface area contributed by atoms with Gasteiger partial charge in [0, 0.05) is 9.99 Å². The fourth-order valence-electron chi connectivity index (χ4n) is 1.35. The van der Waals surface area contributed by atoms with Gasteiger partial charge in [0.1, 0.15) is 6.29 Å². The number of aliphatic carboxylic acids is 1. The number of carbonyl (C=O) groups is 2. The maximum absolute atomic E-state index is 10.6. The number of carboxylic acids is 1. The number of hydrogen-bond donors (Lipinski definition) is 2. The third kappa shape index (κ3) is 3.57. The normalized spacial score (nSPS) is 12.1. The topological polar surface area (TPSA) is 74.6 Å². The maximum Gasteiger partial charge on any atom is 0.337 e. The highest BCUT2D eigenvalue weighted by Crippen LogP contribution is 2.19. The van der Waals surface area contributed by atoms with Crippen molar-refractivity contribution in [3.63, 3.8) is 0 Å². The summed E-state index contributed by atoms with van der Waals surface area (Å²) in [5.74, 6) is -1.27. The first-order valence-corrected chi connectivity index (χ1v) is 5.76. The summed E-state index contributed by atoms with van der Waals surface area (Å²) >= 11 is 2.05. The molecule has 0 aliphatic carbocycles. The molecule has 5 heteroatoms. The van der Waals surface area contributed by atoms with Crippen molar-refractivity contribution < 1.29 is 19.8 Å². The second kappa shape index (κ2) is 5.95. The van der Waals surface area contributed by atoms with Gasteiger partial charge in [0.05, 0.1) is 0 Å². The molecule has 1 aromatic rings. The van der Waals surface area contributed by atoms with Crippen molar-refractivity contribution in [3.05, 3.63) is 32.9 Å². The van der Waals surface area contributed by atoms with E-state index in [-0.39, 0.29) is 0 Å². The predicted octanol–water partition coefficient (Wildman–Crippen LogP) is 1.54. The summed E-state index contributed by atoms with van der Waals surface area (Å²) in [5, 5.41) is 18.1. The zero-order valence-electron chi connectivity index (χ0n) is 8.39.